The molecule has 1 aliphatic heterocycles. The van der Waals surface area contributed by atoms with E-state index in [1.807, 2.05) is 11.8 Å². The smallest absolute Gasteiger partial charge is 0.317 e. The molecule has 0 saturated carbocycles. The second-order valence-electron chi connectivity index (χ2n) is 6.02. The Morgan fingerprint density at radius 1 is 1.20 bits per heavy atom. The molecular formula is C17H24ClFN4O2. The largest absolute Gasteiger partial charge is 0.355 e. The van der Waals surface area contributed by atoms with Crippen LogP contribution >= 0.6 is 11.6 Å². The molecule has 1 aliphatic rings. The van der Waals surface area contributed by atoms with E-state index in [0.717, 1.165) is 12.0 Å². The molecule has 0 spiro atoms. The van der Waals surface area contributed by atoms with Crippen LogP contribution in [0.3, 0.4) is 0 Å². The zero-order valence-electron chi connectivity index (χ0n) is 14.4. The molecule has 8 heteroatoms. The summed E-state index contributed by atoms with van der Waals surface area (Å²) in [5.74, 6) is -0.455. The van der Waals surface area contributed by atoms with Gasteiger partial charge in [-0.15, -0.1) is 0 Å². The molecular weight excluding hydrogens is 347 g/mol. The summed E-state index contributed by atoms with van der Waals surface area (Å²) in [7, 11) is 0. The summed E-state index contributed by atoms with van der Waals surface area (Å²) in [6.07, 6.45) is 0.916. The number of hydrogen-bond donors (Lipinski definition) is 2. The maximum Gasteiger partial charge on any atom is 0.317 e. The van der Waals surface area contributed by atoms with Crippen molar-refractivity contribution in [1.29, 1.82) is 0 Å². The lowest BCUT2D eigenvalue weighted by molar-refractivity contribution is -0.122. The average molecular weight is 371 g/mol. The Kier molecular flexibility index (Phi) is 7.46. The summed E-state index contributed by atoms with van der Waals surface area (Å²) in [5, 5.41) is 5.70. The number of carbonyl (C=O) groups excluding carboxylic acids is 2. The second kappa shape index (κ2) is 9.58. The van der Waals surface area contributed by atoms with Gasteiger partial charge in [-0.2, -0.15) is 0 Å². The number of urea groups is 1. The molecule has 6 nitrogen and oxygen atoms in total. The molecule has 0 atom stereocenters. The molecule has 2 N–H and O–H groups in total. The normalized spacial score (nSPS) is 15.1. The number of hydrogen-bond acceptors (Lipinski definition) is 3. The molecule has 0 radical (unpaired) electrons. The van der Waals surface area contributed by atoms with E-state index in [4.69, 9.17) is 11.6 Å². The lowest BCUT2D eigenvalue weighted by atomic mass is 10.2. The predicted octanol–water partition coefficient (Wildman–Crippen LogP) is 1.83. The quantitative estimate of drug-likeness (QED) is 0.803. The van der Waals surface area contributed by atoms with E-state index in [1.165, 1.54) is 12.1 Å². The Morgan fingerprint density at radius 3 is 2.56 bits per heavy atom. The van der Waals surface area contributed by atoms with Gasteiger partial charge in [0.2, 0.25) is 5.91 Å². The maximum absolute atomic E-state index is 13.1. The molecule has 1 saturated heterocycles. The number of amides is 3. The zero-order valence-corrected chi connectivity index (χ0v) is 15.1. The van der Waals surface area contributed by atoms with Crippen LogP contribution in [0.1, 0.15) is 18.9 Å². The van der Waals surface area contributed by atoms with Crippen LogP contribution in [0.2, 0.25) is 5.02 Å². The van der Waals surface area contributed by atoms with E-state index in [2.05, 4.69) is 10.6 Å². The number of carbonyl (C=O) groups is 2. The van der Waals surface area contributed by atoms with Gasteiger partial charge in [-0.05, 0) is 24.1 Å². The van der Waals surface area contributed by atoms with Crippen LogP contribution in [0.25, 0.3) is 0 Å². The number of piperazine rings is 1. The van der Waals surface area contributed by atoms with Crippen molar-refractivity contribution in [2.75, 3.05) is 39.3 Å². The van der Waals surface area contributed by atoms with Gasteiger partial charge in [0.05, 0.1) is 11.6 Å². The van der Waals surface area contributed by atoms with Gasteiger partial charge >= 0.3 is 6.03 Å². The first-order valence-corrected chi connectivity index (χ1v) is 8.83. The van der Waals surface area contributed by atoms with E-state index in [0.29, 0.717) is 45.8 Å². The number of halogens is 2. The number of nitrogens with one attached hydrogen (secondary N) is 2. The first-order valence-electron chi connectivity index (χ1n) is 8.45. The number of rotatable bonds is 6. The molecule has 1 aromatic carbocycles. The van der Waals surface area contributed by atoms with Gasteiger partial charge in [-0.1, -0.05) is 24.6 Å². The van der Waals surface area contributed by atoms with Gasteiger partial charge in [-0.25, -0.2) is 9.18 Å². The van der Waals surface area contributed by atoms with Crippen LogP contribution in [0, 0.1) is 5.82 Å². The summed E-state index contributed by atoms with van der Waals surface area (Å²) in [6.45, 7) is 5.81. The van der Waals surface area contributed by atoms with Gasteiger partial charge in [0, 0.05) is 39.3 Å². The zero-order chi connectivity index (χ0) is 18.2. The number of nitrogens with zero attached hydrogens (tertiary/aromatic N) is 2. The molecule has 0 aliphatic carbocycles. The third kappa shape index (κ3) is 6.17. The Bertz CT molecular complexity index is 606. The molecule has 0 aromatic heterocycles. The van der Waals surface area contributed by atoms with Crippen LogP contribution in [-0.2, 0) is 11.3 Å². The summed E-state index contributed by atoms with van der Waals surface area (Å²) < 4.78 is 13.1. The molecule has 0 bridgehead atoms. The van der Waals surface area contributed by atoms with Crippen molar-refractivity contribution in [2.24, 2.45) is 0 Å². The van der Waals surface area contributed by atoms with Gasteiger partial charge < -0.3 is 15.5 Å². The minimum absolute atomic E-state index is 0.0212. The van der Waals surface area contributed by atoms with Crippen molar-refractivity contribution in [3.63, 3.8) is 0 Å². The van der Waals surface area contributed by atoms with Crippen molar-refractivity contribution in [3.8, 4) is 0 Å². The molecule has 0 unspecified atom stereocenters. The van der Waals surface area contributed by atoms with Crippen LogP contribution < -0.4 is 10.6 Å². The fourth-order valence-electron chi connectivity index (χ4n) is 2.57. The van der Waals surface area contributed by atoms with Gasteiger partial charge in [-0.3, -0.25) is 9.69 Å². The van der Waals surface area contributed by atoms with Gasteiger partial charge in [0.25, 0.3) is 0 Å². The van der Waals surface area contributed by atoms with Crippen molar-refractivity contribution in [2.45, 2.75) is 19.9 Å². The van der Waals surface area contributed by atoms with E-state index < -0.39 is 5.82 Å². The van der Waals surface area contributed by atoms with Crippen LogP contribution in [0.4, 0.5) is 9.18 Å². The minimum atomic E-state index is -0.476. The predicted molar refractivity (Wildman–Crippen MR) is 95.0 cm³/mol. The third-order valence-electron chi connectivity index (χ3n) is 4.03. The highest BCUT2D eigenvalue weighted by atomic mass is 35.5. The van der Waals surface area contributed by atoms with E-state index in [1.54, 1.807) is 11.0 Å². The summed E-state index contributed by atoms with van der Waals surface area (Å²) in [5.41, 5.74) is 0.742. The average Bonchev–Trinajstić information content (AvgIpc) is 2.61. The van der Waals surface area contributed by atoms with Gasteiger partial charge in [0.15, 0.2) is 0 Å². The van der Waals surface area contributed by atoms with Crippen LogP contribution in [-0.4, -0.2) is 61.0 Å². The molecule has 1 aromatic rings. The fourth-order valence-corrected chi connectivity index (χ4v) is 2.77. The Morgan fingerprint density at radius 2 is 1.92 bits per heavy atom. The molecule has 138 valence electrons. The SMILES string of the molecule is CCCNC(=O)CN1CCN(C(=O)NCc2ccc(F)c(Cl)c2)CC1. The second-order valence-corrected chi connectivity index (χ2v) is 6.43. The van der Waals surface area contributed by atoms with E-state index in [-0.39, 0.29) is 17.0 Å². The Labute approximate surface area is 152 Å². The molecule has 1 fully saturated rings. The van der Waals surface area contributed by atoms with Crippen molar-refractivity contribution in [3.05, 3.63) is 34.6 Å². The Balaban J connectivity index is 1.71. The fraction of sp³-hybridized carbons (Fsp3) is 0.529. The van der Waals surface area contributed by atoms with Gasteiger partial charge in [0.1, 0.15) is 5.82 Å². The monoisotopic (exact) mass is 370 g/mol. The summed E-state index contributed by atoms with van der Waals surface area (Å²) in [6, 6.07) is 4.21. The number of benzene rings is 1. The summed E-state index contributed by atoms with van der Waals surface area (Å²) >= 11 is 5.73. The molecule has 2 rings (SSSR count). The molecule has 1 heterocycles. The lowest BCUT2D eigenvalue weighted by Gasteiger charge is -2.34. The first-order chi connectivity index (χ1) is 12.0. The molecule has 25 heavy (non-hydrogen) atoms. The summed E-state index contributed by atoms with van der Waals surface area (Å²) in [4.78, 5) is 27.7. The third-order valence-corrected chi connectivity index (χ3v) is 4.32. The van der Waals surface area contributed by atoms with Crippen molar-refractivity contribution < 1.29 is 14.0 Å². The maximum atomic E-state index is 13.1. The van der Waals surface area contributed by atoms with E-state index in [9.17, 15) is 14.0 Å². The van der Waals surface area contributed by atoms with Crippen LogP contribution in [0.5, 0.6) is 0 Å². The molecule has 3 amide bonds. The highest BCUT2D eigenvalue weighted by Crippen LogP contribution is 2.15. The standard InChI is InChI=1S/C17H24ClFN4O2/c1-2-5-20-16(24)12-22-6-8-23(9-7-22)17(25)21-11-13-3-4-15(19)14(18)10-13/h3-4,10H,2,5-9,11-12H2,1H3,(H,20,24)(H,21,25). The Hall–Kier alpha value is -1.86. The van der Waals surface area contributed by atoms with Crippen LogP contribution in [0.15, 0.2) is 18.2 Å². The van der Waals surface area contributed by atoms with Crippen molar-refractivity contribution >= 4 is 23.5 Å². The first kappa shape index (κ1) is 19.5. The van der Waals surface area contributed by atoms with E-state index >= 15 is 0 Å². The lowest BCUT2D eigenvalue weighted by Crippen LogP contribution is -2.53. The highest BCUT2D eigenvalue weighted by molar-refractivity contribution is 6.30. The highest BCUT2D eigenvalue weighted by Gasteiger charge is 2.22. The minimum Gasteiger partial charge on any atom is -0.355 e. The topological polar surface area (TPSA) is 64.7 Å². The van der Waals surface area contributed by atoms with Crippen molar-refractivity contribution in [1.82, 2.24) is 20.4 Å².